The van der Waals surface area contributed by atoms with Crippen molar-refractivity contribution in [3.8, 4) is 0 Å². The van der Waals surface area contributed by atoms with Crippen molar-refractivity contribution >= 4 is 5.97 Å². The molecule has 2 atom stereocenters. The Labute approximate surface area is 88.4 Å². The Bertz CT molecular complexity index is 296. The van der Waals surface area contributed by atoms with Crippen LogP contribution in [0.3, 0.4) is 0 Å². The summed E-state index contributed by atoms with van der Waals surface area (Å²) in [6.45, 7) is 2.06. The number of H-pyrrole nitrogens is 1. The van der Waals surface area contributed by atoms with Crippen LogP contribution in [0.15, 0.2) is 18.5 Å². The average Bonchev–Trinajstić information content (AvgIpc) is 2.70. The van der Waals surface area contributed by atoms with Gasteiger partial charge in [-0.05, 0) is 18.6 Å². The van der Waals surface area contributed by atoms with Crippen molar-refractivity contribution in [2.45, 2.75) is 25.6 Å². The lowest BCUT2D eigenvalue weighted by molar-refractivity contribution is -0.145. The number of aromatic amines is 1. The SMILES string of the molecule is COC(=O)[C@H](NCc1cc[nH]c1)[C@@H](C)O. The highest BCUT2D eigenvalue weighted by molar-refractivity contribution is 5.76. The number of carbonyl (C=O) groups excluding carboxylic acids is 1. The molecule has 0 amide bonds. The van der Waals surface area contributed by atoms with E-state index in [0.29, 0.717) is 6.54 Å². The molecule has 5 heteroatoms. The van der Waals surface area contributed by atoms with E-state index in [2.05, 4.69) is 15.0 Å². The number of aromatic nitrogens is 1. The van der Waals surface area contributed by atoms with E-state index in [1.165, 1.54) is 7.11 Å². The van der Waals surface area contributed by atoms with Gasteiger partial charge in [0.05, 0.1) is 13.2 Å². The number of nitrogens with one attached hydrogen (secondary N) is 2. The summed E-state index contributed by atoms with van der Waals surface area (Å²) in [6.07, 6.45) is 2.84. The third-order valence-corrected chi connectivity index (χ3v) is 2.13. The molecule has 0 unspecified atom stereocenters. The fourth-order valence-electron chi connectivity index (χ4n) is 1.27. The number of hydrogen-bond acceptors (Lipinski definition) is 4. The summed E-state index contributed by atoms with van der Waals surface area (Å²) in [6, 6.07) is 1.20. The quantitative estimate of drug-likeness (QED) is 0.602. The molecule has 0 aliphatic rings. The zero-order valence-corrected chi connectivity index (χ0v) is 8.86. The van der Waals surface area contributed by atoms with Crippen molar-refractivity contribution in [3.63, 3.8) is 0 Å². The second-order valence-corrected chi connectivity index (χ2v) is 3.34. The van der Waals surface area contributed by atoms with Crippen molar-refractivity contribution in [1.29, 1.82) is 0 Å². The van der Waals surface area contributed by atoms with Crippen LogP contribution in [0, 0.1) is 0 Å². The molecule has 0 radical (unpaired) electrons. The van der Waals surface area contributed by atoms with Crippen LogP contribution >= 0.6 is 0 Å². The van der Waals surface area contributed by atoms with Crippen LogP contribution in [0.4, 0.5) is 0 Å². The maximum atomic E-state index is 11.3. The maximum absolute atomic E-state index is 11.3. The number of aliphatic hydroxyl groups excluding tert-OH is 1. The van der Waals surface area contributed by atoms with Gasteiger partial charge in [0, 0.05) is 18.9 Å². The highest BCUT2D eigenvalue weighted by atomic mass is 16.5. The molecule has 0 aliphatic carbocycles. The lowest BCUT2D eigenvalue weighted by atomic mass is 10.2. The van der Waals surface area contributed by atoms with E-state index in [4.69, 9.17) is 0 Å². The van der Waals surface area contributed by atoms with Crippen LogP contribution in [0.5, 0.6) is 0 Å². The molecule has 1 aromatic heterocycles. The molecule has 15 heavy (non-hydrogen) atoms. The second kappa shape index (κ2) is 5.53. The molecule has 0 spiro atoms. The first-order valence-corrected chi connectivity index (χ1v) is 4.76. The molecular weight excluding hydrogens is 196 g/mol. The predicted octanol–water partition coefficient (Wildman–Crippen LogP) is 0.0267. The van der Waals surface area contributed by atoms with E-state index in [1.807, 2.05) is 12.3 Å². The number of rotatable bonds is 5. The lowest BCUT2D eigenvalue weighted by Crippen LogP contribution is -2.45. The van der Waals surface area contributed by atoms with Crippen molar-refractivity contribution in [2.75, 3.05) is 7.11 Å². The average molecular weight is 212 g/mol. The Morgan fingerprint density at radius 1 is 1.73 bits per heavy atom. The normalized spacial score (nSPS) is 14.6. The van der Waals surface area contributed by atoms with Crippen molar-refractivity contribution in [1.82, 2.24) is 10.3 Å². The topological polar surface area (TPSA) is 74.3 Å². The molecule has 1 heterocycles. The number of carbonyl (C=O) groups is 1. The van der Waals surface area contributed by atoms with Gasteiger partial charge in [0.1, 0.15) is 6.04 Å². The van der Waals surface area contributed by atoms with Gasteiger partial charge >= 0.3 is 5.97 Å². The third kappa shape index (κ3) is 3.38. The Morgan fingerprint density at radius 2 is 2.47 bits per heavy atom. The molecule has 3 N–H and O–H groups in total. The van der Waals surface area contributed by atoms with Crippen LogP contribution in [-0.2, 0) is 16.1 Å². The van der Waals surface area contributed by atoms with Gasteiger partial charge in [0.2, 0.25) is 0 Å². The van der Waals surface area contributed by atoms with E-state index in [9.17, 15) is 9.90 Å². The predicted molar refractivity (Wildman–Crippen MR) is 55.1 cm³/mol. The van der Waals surface area contributed by atoms with Gasteiger partial charge in [-0.2, -0.15) is 0 Å². The third-order valence-electron chi connectivity index (χ3n) is 2.13. The Hall–Kier alpha value is -1.33. The zero-order chi connectivity index (χ0) is 11.3. The summed E-state index contributed by atoms with van der Waals surface area (Å²) in [5, 5.41) is 12.3. The Kier molecular flexibility index (Phi) is 4.33. The van der Waals surface area contributed by atoms with Crippen LogP contribution in [0.25, 0.3) is 0 Å². The van der Waals surface area contributed by atoms with Crippen LogP contribution in [0.2, 0.25) is 0 Å². The molecule has 0 saturated carbocycles. The molecule has 1 aromatic rings. The highest BCUT2D eigenvalue weighted by Gasteiger charge is 2.23. The summed E-state index contributed by atoms with van der Waals surface area (Å²) in [5.41, 5.74) is 1.02. The monoisotopic (exact) mass is 212 g/mol. The van der Waals surface area contributed by atoms with Crippen LogP contribution in [0.1, 0.15) is 12.5 Å². The summed E-state index contributed by atoms with van der Waals surface area (Å²) >= 11 is 0. The van der Waals surface area contributed by atoms with Crippen LogP contribution in [-0.4, -0.2) is 35.3 Å². The van der Waals surface area contributed by atoms with E-state index in [0.717, 1.165) is 5.56 Å². The second-order valence-electron chi connectivity index (χ2n) is 3.34. The molecule has 0 fully saturated rings. The van der Waals surface area contributed by atoms with Crippen molar-refractivity contribution < 1.29 is 14.6 Å². The molecule has 0 bridgehead atoms. The van der Waals surface area contributed by atoms with E-state index in [1.54, 1.807) is 13.1 Å². The van der Waals surface area contributed by atoms with Gasteiger partial charge in [0.25, 0.3) is 0 Å². The minimum absolute atomic E-state index is 0.458. The highest BCUT2D eigenvalue weighted by Crippen LogP contribution is 2.00. The fourth-order valence-corrected chi connectivity index (χ4v) is 1.27. The van der Waals surface area contributed by atoms with Crippen molar-refractivity contribution in [2.24, 2.45) is 0 Å². The Balaban J connectivity index is 2.49. The number of ether oxygens (including phenoxy) is 1. The summed E-state index contributed by atoms with van der Waals surface area (Å²) < 4.78 is 4.57. The van der Waals surface area contributed by atoms with E-state index < -0.39 is 18.1 Å². The molecule has 5 nitrogen and oxygen atoms in total. The molecule has 84 valence electrons. The summed E-state index contributed by atoms with van der Waals surface area (Å²) in [7, 11) is 1.30. The van der Waals surface area contributed by atoms with Gasteiger partial charge in [0.15, 0.2) is 0 Å². The molecule has 0 aliphatic heterocycles. The standard InChI is InChI=1S/C10H16N2O3/c1-7(13)9(10(14)15-2)12-6-8-3-4-11-5-8/h3-5,7,9,11-13H,6H2,1-2H3/t7-,9-/m1/s1. The summed E-state index contributed by atoms with van der Waals surface area (Å²) in [4.78, 5) is 14.2. The first-order chi connectivity index (χ1) is 7.15. The van der Waals surface area contributed by atoms with Crippen LogP contribution < -0.4 is 5.32 Å². The molecule has 0 aromatic carbocycles. The fraction of sp³-hybridized carbons (Fsp3) is 0.500. The van der Waals surface area contributed by atoms with Crippen molar-refractivity contribution in [3.05, 3.63) is 24.0 Å². The maximum Gasteiger partial charge on any atom is 0.325 e. The van der Waals surface area contributed by atoms with E-state index in [-0.39, 0.29) is 0 Å². The first-order valence-electron chi connectivity index (χ1n) is 4.76. The largest absolute Gasteiger partial charge is 0.468 e. The van der Waals surface area contributed by atoms with Gasteiger partial charge in [-0.15, -0.1) is 0 Å². The first kappa shape index (κ1) is 11.7. The van der Waals surface area contributed by atoms with Gasteiger partial charge in [-0.25, -0.2) is 0 Å². The summed E-state index contributed by atoms with van der Waals surface area (Å²) in [5.74, 6) is -0.458. The molecule has 1 rings (SSSR count). The number of hydrogen-bond donors (Lipinski definition) is 3. The zero-order valence-electron chi connectivity index (χ0n) is 8.86. The molecular formula is C10H16N2O3. The van der Waals surface area contributed by atoms with Gasteiger partial charge in [-0.1, -0.05) is 0 Å². The minimum Gasteiger partial charge on any atom is -0.468 e. The van der Waals surface area contributed by atoms with Gasteiger partial charge in [-0.3, -0.25) is 10.1 Å². The number of methoxy groups -OCH3 is 1. The number of aliphatic hydroxyl groups is 1. The lowest BCUT2D eigenvalue weighted by Gasteiger charge is -2.18. The minimum atomic E-state index is -0.781. The molecule has 0 saturated heterocycles. The Morgan fingerprint density at radius 3 is 2.93 bits per heavy atom. The van der Waals surface area contributed by atoms with E-state index >= 15 is 0 Å². The number of esters is 1. The smallest absolute Gasteiger partial charge is 0.325 e. The van der Waals surface area contributed by atoms with Gasteiger partial charge < -0.3 is 14.8 Å².